The molecule has 0 N–H and O–H groups in total. The molecule has 0 amide bonds. The molecule has 3 aromatic rings. The molecule has 1 unspecified atom stereocenters. The Kier molecular flexibility index (Phi) is 4.95. The van der Waals surface area contributed by atoms with Crippen LogP contribution in [0, 0.1) is 11.3 Å². The summed E-state index contributed by atoms with van der Waals surface area (Å²) in [6.45, 7) is 1.83. The second-order valence-corrected chi connectivity index (χ2v) is 6.83. The van der Waals surface area contributed by atoms with Gasteiger partial charge in [0, 0.05) is 11.6 Å². The van der Waals surface area contributed by atoms with Gasteiger partial charge in [-0.25, -0.2) is 0 Å². The normalized spacial score (nSPS) is 17.0. The highest BCUT2D eigenvalue weighted by Gasteiger charge is 2.27. The van der Waals surface area contributed by atoms with Gasteiger partial charge in [0.15, 0.2) is 0 Å². The molecule has 1 aliphatic heterocycles. The van der Waals surface area contributed by atoms with Crippen molar-refractivity contribution < 1.29 is 9.15 Å². The minimum Gasteiger partial charge on any atom is -0.497 e. The smallest absolute Gasteiger partial charge is 0.135 e. The van der Waals surface area contributed by atoms with Gasteiger partial charge in [-0.05, 0) is 61.3 Å². The van der Waals surface area contributed by atoms with E-state index in [1.54, 1.807) is 7.11 Å². The monoisotopic (exact) mass is 358 g/mol. The van der Waals surface area contributed by atoms with E-state index in [0.29, 0.717) is 11.6 Å². The second-order valence-electron chi connectivity index (χ2n) is 6.83. The summed E-state index contributed by atoms with van der Waals surface area (Å²) < 4.78 is 11.3. The molecule has 0 spiro atoms. The fraction of sp³-hybridized carbons (Fsp3) is 0.261. The molecule has 2 aromatic carbocycles. The molecule has 0 saturated carbocycles. The van der Waals surface area contributed by atoms with Crippen LogP contribution in [-0.2, 0) is 6.54 Å². The molecule has 4 nitrogen and oxygen atoms in total. The fourth-order valence-corrected chi connectivity index (χ4v) is 3.82. The number of nitriles is 1. The summed E-state index contributed by atoms with van der Waals surface area (Å²) in [7, 11) is 1.69. The van der Waals surface area contributed by atoms with Gasteiger partial charge in [-0.1, -0.05) is 24.3 Å². The molecule has 1 saturated heterocycles. The van der Waals surface area contributed by atoms with Crippen molar-refractivity contribution >= 4 is 0 Å². The molecule has 0 bridgehead atoms. The lowest BCUT2D eigenvalue weighted by Crippen LogP contribution is -2.22. The molecule has 136 valence electrons. The number of nitrogens with zero attached hydrogens (tertiary/aromatic N) is 2. The lowest BCUT2D eigenvalue weighted by Gasteiger charge is -2.24. The van der Waals surface area contributed by atoms with E-state index >= 15 is 0 Å². The average molecular weight is 358 g/mol. The first-order valence-corrected chi connectivity index (χ1v) is 9.24. The van der Waals surface area contributed by atoms with E-state index in [9.17, 15) is 5.26 Å². The van der Waals surface area contributed by atoms with Gasteiger partial charge in [-0.15, -0.1) is 0 Å². The van der Waals surface area contributed by atoms with E-state index in [4.69, 9.17) is 9.15 Å². The minimum absolute atomic E-state index is 0.399. The zero-order valence-corrected chi connectivity index (χ0v) is 15.4. The molecule has 1 fully saturated rings. The lowest BCUT2D eigenvalue weighted by atomic mass is 10.0. The summed E-state index contributed by atoms with van der Waals surface area (Å²) in [5.74, 6) is 2.57. The zero-order chi connectivity index (χ0) is 18.6. The van der Waals surface area contributed by atoms with Gasteiger partial charge >= 0.3 is 0 Å². The van der Waals surface area contributed by atoms with Gasteiger partial charge in [0.2, 0.25) is 0 Å². The molecule has 0 aliphatic carbocycles. The molecule has 0 radical (unpaired) electrons. The topological polar surface area (TPSA) is 49.4 Å². The molecule has 2 heterocycles. The van der Waals surface area contributed by atoms with E-state index in [2.05, 4.69) is 23.1 Å². The van der Waals surface area contributed by atoms with Crippen LogP contribution in [0.5, 0.6) is 5.75 Å². The van der Waals surface area contributed by atoms with Crippen LogP contribution in [0.25, 0.3) is 11.3 Å². The van der Waals surface area contributed by atoms with Crippen molar-refractivity contribution in [2.24, 2.45) is 0 Å². The Balaban J connectivity index is 1.52. The van der Waals surface area contributed by atoms with Crippen LogP contribution >= 0.6 is 0 Å². The number of hydrogen-bond acceptors (Lipinski definition) is 4. The molecule has 4 rings (SSSR count). The summed E-state index contributed by atoms with van der Waals surface area (Å²) in [6.07, 6.45) is 2.33. The molecule has 1 aromatic heterocycles. The Morgan fingerprint density at radius 1 is 1.11 bits per heavy atom. The van der Waals surface area contributed by atoms with E-state index in [1.807, 2.05) is 48.5 Å². The molecule has 27 heavy (non-hydrogen) atoms. The van der Waals surface area contributed by atoms with Gasteiger partial charge in [0.1, 0.15) is 17.3 Å². The maximum Gasteiger partial charge on any atom is 0.135 e. The Morgan fingerprint density at radius 3 is 2.70 bits per heavy atom. The predicted octanol–water partition coefficient (Wildman–Crippen LogP) is 5.16. The summed E-state index contributed by atoms with van der Waals surface area (Å²) in [5, 5.41) is 9.31. The SMILES string of the molecule is COc1ccc(C2CCCN2Cc2ccc(-c3ccccc3C#N)o2)cc1. The van der Waals surface area contributed by atoms with E-state index < -0.39 is 0 Å². The van der Waals surface area contributed by atoms with Gasteiger partial charge in [0.05, 0.1) is 25.3 Å². The van der Waals surface area contributed by atoms with Gasteiger partial charge in [-0.2, -0.15) is 5.26 Å². The summed E-state index contributed by atoms with van der Waals surface area (Å²) in [5.41, 5.74) is 2.80. The number of likely N-dealkylation sites (tertiary alicyclic amines) is 1. The summed E-state index contributed by atoms with van der Waals surface area (Å²) in [6, 6.07) is 22.5. The maximum atomic E-state index is 9.31. The van der Waals surface area contributed by atoms with Crippen molar-refractivity contribution in [3.05, 3.63) is 77.6 Å². The Hall–Kier alpha value is -3.03. The lowest BCUT2D eigenvalue weighted by molar-refractivity contribution is 0.229. The Morgan fingerprint density at radius 2 is 1.93 bits per heavy atom. The van der Waals surface area contributed by atoms with Crippen LogP contribution in [0.15, 0.2) is 65.1 Å². The van der Waals surface area contributed by atoms with E-state index in [0.717, 1.165) is 42.3 Å². The standard InChI is InChI=1S/C23H22N2O2/c1-26-19-10-8-17(9-11-19)22-7-4-14-25(22)16-20-12-13-23(27-20)21-6-3-2-5-18(21)15-24/h2-3,5-6,8-13,22H,4,7,14,16H2,1H3. The number of ether oxygens (including phenoxy) is 1. The third-order valence-electron chi connectivity index (χ3n) is 5.20. The first kappa shape index (κ1) is 17.4. The number of furan rings is 1. The average Bonchev–Trinajstić information content (AvgIpc) is 3.38. The van der Waals surface area contributed by atoms with Crippen LogP contribution in [-0.4, -0.2) is 18.6 Å². The largest absolute Gasteiger partial charge is 0.497 e. The molecule has 1 atom stereocenters. The maximum absolute atomic E-state index is 9.31. The number of hydrogen-bond donors (Lipinski definition) is 0. The number of methoxy groups -OCH3 is 1. The quantitative estimate of drug-likeness (QED) is 0.632. The Bertz CT molecular complexity index is 953. The number of rotatable bonds is 5. The van der Waals surface area contributed by atoms with Gasteiger partial charge in [-0.3, -0.25) is 4.90 Å². The highest BCUT2D eigenvalue weighted by atomic mass is 16.5. The van der Waals surface area contributed by atoms with Crippen LogP contribution in [0.3, 0.4) is 0 Å². The van der Waals surface area contributed by atoms with Crippen LogP contribution in [0.1, 0.15) is 35.8 Å². The summed E-state index contributed by atoms with van der Waals surface area (Å²) >= 11 is 0. The van der Waals surface area contributed by atoms with Crippen molar-refractivity contribution in [2.75, 3.05) is 13.7 Å². The molecular weight excluding hydrogens is 336 g/mol. The van der Waals surface area contributed by atoms with Crippen molar-refractivity contribution in [3.8, 4) is 23.1 Å². The zero-order valence-electron chi connectivity index (χ0n) is 15.4. The van der Waals surface area contributed by atoms with Crippen molar-refractivity contribution in [3.63, 3.8) is 0 Å². The first-order valence-electron chi connectivity index (χ1n) is 9.24. The molecule has 4 heteroatoms. The van der Waals surface area contributed by atoms with Crippen molar-refractivity contribution in [2.45, 2.75) is 25.4 Å². The fourth-order valence-electron chi connectivity index (χ4n) is 3.82. The predicted molar refractivity (Wildman–Crippen MR) is 104 cm³/mol. The highest BCUT2D eigenvalue weighted by Crippen LogP contribution is 2.35. The second kappa shape index (κ2) is 7.69. The first-order chi connectivity index (χ1) is 13.3. The Labute approximate surface area is 159 Å². The van der Waals surface area contributed by atoms with Gasteiger partial charge in [0.25, 0.3) is 0 Å². The van der Waals surface area contributed by atoms with Gasteiger partial charge < -0.3 is 9.15 Å². The van der Waals surface area contributed by atoms with Crippen molar-refractivity contribution in [1.29, 1.82) is 5.26 Å². The van der Waals surface area contributed by atoms with Crippen LogP contribution in [0.4, 0.5) is 0 Å². The minimum atomic E-state index is 0.399. The molecule has 1 aliphatic rings. The van der Waals surface area contributed by atoms with Crippen LogP contribution in [0.2, 0.25) is 0 Å². The molecular formula is C23H22N2O2. The third-order valence-corrected chi connectivity index (χ3v) is 5.20. The third kappa shape index (κ3) is 3.60. The van der Waals surface area contributed by atoms with Crippen molar-refractivity contribution in [1.82, 2.24) is 4.90 Å². The highest BCUT2D eigenvalue weighted by molar-refractivity contribution is 5.66. The number of benzene rings is 2. The van der Waals surface area contributed by atoms with Crippen LogP contribution < -0.4 is 4.74 Å². The summed E-state index contributed by atoms with van der Waals surface area (Å²) in [4.78, 5) is 2.46. The van der Waals surface area contributed by atoms with E-state index in [-0.39, 0.29) is 0 Å². The van der Waals surface area contributed by atoms with E-state index in [1.165, 1.54) is 12.0 Å².